The van der Waals surface area contributed by atoms with Crippen molar-refractivity contribution in [3.8, 4) is 0 Å². The zero-order valence-corrected chi connectivity index (χ0v) is 14.3. The van der Waals surface area contributed by atoms with Gasteiger partial charge in [0.1, 0.15) is 4.90 Å². The van der Waals surface area contributed by atoms with E-state index < -0.39 is 43.8 Å². The van der Waals surface area contributed by atoms with Gasteiger partial charge in [0.25, 0.3) is 11.6 Å². The molecule has 0 saturated heterocycles. The minimum absolute atomic E-state index is 0.0775. The van der Waals surface area contributed by atoms with E-state index in [1.54, 1.807) is 6.92 Å². The first-order valence-corrected chi connectivity index (χ1v) is 8.90. The number of amides is 1. The van der Waals surface area contributed by atoms with Crippen LogP contribution in [0.5, 0.6) is 0 Å². The lowest BCUT2D eigenvalue weighted by Gasteiger charge is -2.11. The number of esters is 1. The number of nitro benzene ring substituents is 1. The number of carbonyl (C=O) groups is 2. The summed E-state index contributed by atoms with van der Waals surface area (Å²) in [7, 11) is -3.82. The van der Waals surface area contributed by atoms with Gasteiger partial charge < -0.3 is 10.1 Å². The lowest BCUT2D eigenvalue weighted by Crippen LogP contribution is -2.35. The minimum Gasteiger partial charge on any atom is -0.452 e. The fourth-order valence-electron chi connectivity index (χ4n) is 1.73. The second-order valence-corrected chi connectivity index (χ2v) is 7.15. The fraction of sp³-hybridized carbons (Fsp3) is 0.429. The van der Waals surface area contributed by atoms with Crippen LogP contribution in [-0.4, -0.2) is 44.1 Å². The van der Waals surface area contributed by atoms with Gasteiger partial charge in [0.2, 0.25) is 0 Å². The van der Waals surface area contributed by atoms with Gasteiger partial charge in [0, 0.05) is 18.4 Å². The first kappa shape index (κ1) is 19.6. The summed E-state index contributed by atoms with van der Waals surface area (Å²) in [4.78, 5) is 33.0. The largest absolute Gasteiger partial charge is 0.452 e. The summed E-state index contributed by atoms with van der Waals surface area (Å²) in [6.45, 7) is 3.12. The molecule has 10 heteroatoms. The van der Waals surface area contributed by atoms with Crippen molar-refractivity contribution < 1.29 is 27.7 Å². The molecular formula is C14H18N2O7S. The van der Waals surface area contributed by atoms with E-state index in [2.05, 4.69) is 5.32 Å². The molecule has 0 aliphatic rings. The monoisotopic (exact) mass is 358 g/mol. The number of benzene rings is 1. The third kappa shape index (κ3) is 5.30. The quantitative estimate of drug-likeness (QED) is 0.438. The van der Waals surface area contributed by atoms with Crippen molar-refractivity contribution in [3.05, 3.63) is 33.9 Å². The molecule has 1 N–H and O–H groups in total. The predicted molar refractivity (Wildman–Crippen MR) is 84.4 cm³/mol. The van der Waals surface area contributed by atoms with Gasteiger partial charge in [-0.15, -0.1) is 0 Å². The van der Waals surface area contributed by atoms with Crippen molar-refractivity contribution in [2.45, 2.75) is 31.2 Å². The highest BCUT2D eigenvalue weighted by Gasteiger charge is 2.24. The van der Waals surface area contributed by atoms with E-state index in [0.29, 0.717) is 6.42 Å². The van der Waals surface area contributed by atoms with Crippen LogP contribution in [-0.2, 0) is 19.4 Å². The average Bonchev–Trinajstić information content (AvgIpc) is 2.50. The van der Waals surface area contributed by atoms with E-state index in [1.807, 2.05) is 6.92 Å². The number of rotatable bonds is 7. The van der Waals surface area contributed by atoms with Gasteiger partial charge >= 0.3 is 5.97 Å². The molecule has 1 aromatic carbocycles. The van der Waals surface area contributed by atoms with Crippen LogP contribution in [0.15, 0.2) is 23.1 Å². The van der Waals surface area contributed by atoms with Gasteiger partial charge in [-0.1, -0.05) is 6.92 Å². The van der Waals surface area contributed by atoms with E-state index >= 15 is 0 Å². The van der Waals surface area contributed by atoms with Crippen molar-refractivity contribution in [1.29, 1.82) is 0 Å². The average molecular weight is 358 g/mol. The molecule has 0 heterocycles. The predicted octanol–water partition coefficient (Wildman–Crippen LogP) is 1.07. The van der Waals surface area contributed by atoms with Crippen molar-refractivity contribution in [3.63, 3.8) is 0 Å². The zero-order valence-electron chi connectivity index (χ0n) is 13.4. The highest BCUT2D eigenvalue weighted by Crippen LogP contribution is 2.25. The Kier molecular flexibility index (Phi) is 6.41. The molecule has 1 atom stereocenters. The Morgan fingerprint density at radius 2 is 2.00 bits per heavy atom. The minimum atomic E-state index is -3.82. The molecule has 0 spiro atoms. The van der Waals surface area contributed by atoms with Gasteiger partial charge in [0.05, 0.1) is 10.5 Å². The summed E-state index contributed by atoms with van der Waals surface area (Å²) in [5.74, 6) is -1.46. The van der Waals surface area contributed by atoms with E-state index in [9.17, 15) is 28.1 Å². The summed E-state index contributed by atoms with van der Waals surface area (Å²) in [5, 5.41) is 13.6. The van der Waals surface area contributed by atoms with Crippen molar-refractivity contribution in [1.82, 2.24) is 5.32 Å². The Bertz CT molecular complexity index is 758. The number of ether oxygens (including phenoxy) is 1. The second-order valence-electron chi connectivity index (χ2n) is 5.16. The van der Waals surface area contributed by atoms with Gasteiger partial charge in [-0.25, -0.2) is 13.2 Å². The molecular weight excluding hydrogens is 340 g/mol. The maximum atomic E-state index is 11.9. The molecule has 0 aliphatic heterocycles. The van der Waals surface area contributed by atoms with E-state index in [0.717, 1.165) is 24.5 Å². The zero-order chi connectivity index (χ0) is 18.5. The standard InChI is InChI=1S/C14H18N2O7S/c1-4-9(2)15-13(17)8-23-14(18)10-5-6-12(24(3,21)22)11(7-10)16(19)20/h5-7,9H,4,8H2,1-3H3,(H,15,17)/t9-/m0/s1. The molecule has 0 aliphatic carbocycles. The fourth-order valence-corrected chi connectivity index (χ4v) is 2.56. The van der Waals surface area contributed by atoms with Crippen molar-refractivity contribution in [2.24, 2.45) is 0 Å². The second kappa shape index (κ2) is 7.86. The first-order valence-electron chi connectivity index (χ1n) is 7.01. The SMILES string of the molecule is CC[C@H](C)NC(=O)COC(=O)c1ccc(S(C)(=O)=O)c([N+](=O)[O-])c1. The molecule has 1 rings (SSSR count). The van der Waals surface area contributed by atoms with Crippen LogP contribution >= 0.6 is 0 Å². The Morgan fingerprint density at radius 3 is 2.50 bits per heavy atom. The number of nitrogens with zero attached hydrogens (tertiary/aromatic N) is 1. The van der Waals surface area contributed by atoms with Gasteiger partial charge in [0.15, 0.2) is 16.4 Å². The molecule has 0 saturated carbocycles. The Hall–Kier alpha value is -2.49. The summed E-state index contributed by atoms with van der Waals surface area (Å²) < 4.78 is 27.8. The van der Waals surface area contributed by atoms with Crippen LogP contribution in [0.3, 0.4) is 0 Å². The summed E-state index contributed by atoms with van der Waals surface area (Å²) in [5.41, 5.74) is -0.943. The smallest absolute Gasteiger partial charge is 0.338 e. The Labute approximate surface area is 139 Å². The third-order valence-corrected chi connectivity index (χ3v) is 4.29. The molecule has 1 amide bonds. The van der Waals surface area contributed by atoms with Crippen LogP contribution < -0.4 is 5.32 Å². The molecule has 132 valence electrons. The van der Waals surface area contributed by atoms with Crippen LogP contribution in [0, 0.1) is 10.1 Å². The Balaban J connectivity index is 2.91. The van der Waals surface area contributed by atoms with E-state index in [4.69, 9.17) is 4.74 Å². The van der Waals surface area contributed by atoms with E-state index in [1.165, 1.54) is 0 Å². The van der Waals surface area contributed by atoms with E-state index in [-0.39, 0.29) is 11.6 Å². The molecule has 24 heavy (non-hydrogen) atoms. The molecule has 0 aromatic heterocycles. The van der Waals surface area contributed by atoms with Crippen LogP contribution in [0.1, 0.15) is 30.6 Å². The third-order valence-electron chi connectivity index (χ3n) is 3.14. The van der Waals surface area contributed by atoms with Gasteiger partial charge in [-0.05, 0) is 25.5 Å². The molecule has 0 fully saturated rings. The normalized spacial score (nSPS) is 12.3. The number of carbonyl (C=O) groups excluding carboxylic acids is 2. The lowest BCUT2D eigenvalue weighted by molar-refractivity contribution is -0.387. The van der Waals surface area contributed by atoms with Crippen molar-refractivity contribution in [2.75, 3.05) is 12.9 Å². The molecule has 0 unspecified atom stereocenters. The highest BCUT2D eigenvalue weighted by molar-refractivity contribution is 7.90. The summed E-state index contributed by atoms with van der Waals surface area (Å²) >= 11 is 0. The topological polar surface area (TPSA) is 133 Å². The Morgan fingerprint density at radius 1 is 1.38 bits per heavy atom. The van der Waals surface area contributed by atoms with Gasteiger partial charge in [-0.3, -0.25) is 14.9 Å². The maximum Gasteiger partial charge on any atom is 0.338 e. The van der Waals surface area contributed by atoms with Crippen LogP contribution in [0.25, 0.3) is 0 Å². The lowest BCUT2D eigenvalue weighted by atomic mass is 10.2. The van der Waals surface area contributed by atoms with Crippen LogP contribution in [0.4, 0.5) is 5.69 Å². The highest BCUT2D eigenvalue weighted by atomic mass is 32.2. The summed E-state index contributed by atoms with van der Waals surface area (Å²) in [6, 6.07) is 2.79. The number of nitrogens with one attached hydrogen (secondary N) is 1. The number of sulfone groups is 1. The molecule has 9 nitrogen and oxygen atoms in total. The number of nitro groups is 1. The molecule has 1 aromatic rings. The number of hydrogen-bond acceptors (Lipinski definition) is 7. The van der Waals surface area contributed by atoms with Crippen LogP contribution in [0.2, 0.25) is 0 Å². The van der Waals surface area contributed by atoms with Gasteiger partial charge in [-0.2, -0.15) is 0 Å². The summed E-state index contributed by atoms with van der Waals surface area (Å²) in [6.07, 6.45) is 1.53. The maximum absolute atomic E-state index is 11.9. The number of hydrogen-bond donors (Lipinski definition) is 1. The molecule has 0 bridgehead atoms. The van der Waals surface area contributed by atoms with Crippen molar-refractivity contribution >= 4 is 27.4 Å². The first-order chi connectivity index (χ1) is 11.1. The molecule has 0 radical (unpaired) electrons.